The zero-order valence-corrected chi connectivity index (χ0v) is 10.8. The molecule has 0 amide bonds. The molecule has 1 aromatic rings. The van der Waals surface area contributed by atoms with Crippen molar-refractivity contribution in [1.82, 2.24) is 14.8 Å². The van der Waals surface area contributed by atoms with Crippen molar-refractivity contribution in [1.29, 1.82) is 0 Å². The van der Waals surface area contributed by atoms with Crippen LogP contribution in [0.25, 0.3) is 0 Å². The number of aromatic nitrogens is 3. The summed E-state index contributed by atoms with van der Waals surface area (Å²) in [4.78, 5) is 0. The fourth-order valence-electron chi connectivity index (χ4n) is 2.90. The van der Waals surface area contributed by atoms with Crippen LogP contribution >= 0.6 is 11.8 Å². The Morgan fingerprint density at radius 3 is 2.88 bits per heavy atom. The van der Waals surface area contributed by atoms with E-state index in [9.17, 15) is 5.11 Å². The lowest BCUT2D eigenvalue weighted by molar-refractivity contribution is 0.236. The van der Waals surface area contributed by atoms with Gasteiger partial charge in [0.25, 0.3) is 0 Å². The van der Waals surface area contributed by atoms with E-state index in [0.717, 1.165) is 25.2 Å². The number of hydrogen-bond donors (Lipinski definition) is 1. The normalized spacial score (nSPS) is 29.0. The minimum Gasteiger partial charge on any atom is -0.396 e. The number of rotatable bonds is 2. The maximum absolute atomic E-state index is 9.37. The van der Waals surface area contributed by atoms with Crippen molar-refractivity contribution >= 4 is 11.8 Å². The minimum absolute atomic E-state index is 0.206. The molecule has 5 heteroatoms. The molecule has 0 radical (unpaired) electrons. The van der Waals surface area contributed by atoms with E-state index in [-0.39, 0.29) is 12.5 Å². The summed E-state index contributed by atoms with van der Waals surface area (Å²) in [5, 5.41) is 18.1. The summed E-state index contributed by atoms with van der Waals surface area (Å²) >= 11 is 2.03. The van der Waals surface area contributed by atoms with Crippen molar-refractivity contribution in [3.63, 3.8) is 0 Å². The van der Waals surface area contributed by atoms with Gasteiger partial charge in [-0.1, -0.05) is 0 Å². The molecule has 0 aromatic carbocycles. The minimum atomic E-state index is 0.206. The SMILES string of the molecule is OCC1CCCn2c1nnc2C1CCCSC1. The third-order valence-electron chi connectivity index (χ3n) is 3.85. The zero-order chi connectivity index (χ0) is 11.7. The summed E-state index contributed by atoms with van der Waals surface area (Å²) in [5.41, 5.74) is 0. The summed E-state index contributed by atoms with van der Waals surface area (Å²) in [6.45, 7) is 1.24. The van der Waals surface area contributed by atoms with Crippen LogP contribution in [0.15, 0.2) is 0 Å². The lowest BCUT2D eigenvalue weighted by Crippen LogP contribution is -2.22. The van der Waals surface area contributed by atoms with Crippen molar-refractivity contribution < 1.29 is 5.11 Å². The Labute approximate surface area is 106 Å². The van der Waals surface area contributed by atoms with Crippen molar-refractivity contribution in [3.05, 3.63) is 11.6 Å². The molecule has 0 bridgehead atoms. The van der Waals surface area contributed by atoms with E-state index < -0.39 is 0 Å². The largest absolute Gasteiger partial charge is 0.396 e. The Hall–Kier alpha value is -0.550. The monoisotopic (exact) mass is 253 g/mol. The van der Waals surface area contributed by atoms with E-state index in [1.807, 2.05) is 11.8 Å². The number of aliphatic hydroxyl groups excluding tert-OH is 1. The van der Waals surface area contributed by atoms with Gasteiger partial charge < -0.3 is 9.67 Å². The van der Waals surface area contributed by atoms with Gasteiger partial charge in [0.1, 0.15) is 11.6 Å². The van der Waals surface area contributed by atoms with Gasteiger partial charge in [0.05, 0.1) is 6.61 Å². The number of aliphatic hydroxyl groups is 1. The van der Waals surface area contributed by atoms with E-state index in [2.05, 4.69) is 14.8 Å². The molecule has 17 heavy (non-hydrogen) atoms. The molecule has 94 valence electrons. The first kappa shape index (κ1) is 11.5. The first-order valence-corrected chi connectivity index (χ1v) is 7.67. The van der Waals surface area contributed by atoms with Crippen molar-refractivity contribution in [2.75, 3.05) is 18.1 Å². The van der Waals surface area contributed by atoms with Crippen LogP contribution in [-0.2, 0) is 6.54 Å². The summed E-state index contributed by atoms with van der Waals surface area (Å²) in [6, 6.07) is 0. The second-order valence-corrected chi connectivity index (χ2v) is 6.15. The molecule has 2 aliphatic rings. The second kappa shape index (κ2) is 4.98. The standard InChI is InChI=1S/C12H19N3OS/c16-7-9-3-1-5-15-11(9)13-14-12(15)10-4-2-6-17-8-10/h9-10,16H,1-8H2. The highest BCUT2D eigenvalue weighted by molar-refractivity contribution is 7.99. The predicted molar refractivity (Wildman–Crippen MR) is 68.4 cm³/mol. The summed E-state index contributed by atoms with van der Waals surface area (Å²) in [5.74, 6) is 5.45. The van der Waals surface area contributed by atoms with Gasteiger partial charge in [0, 0.05) is 24.1 Å². The molecule has 0 aliphatic carbocycles. The molecule has 0 saturated carbocycles. The highest BCUT2D eigenvalue weighted by Crippen LogP contribution is 2.33. The quantitative estimate of drug-likeness (QED) is 0.872. The van der Waals surface area contributed by atoms with E-state index in [0.29, 0.717) is 5.92 Å². The van der Waals surface area contributed by atoms with Crippen LogP contribution in [0.1, 0.15) is 49.2 Å². The molecule has 2 atom stereocenters. The topological polar surface area (TPSA) is 50.9 Å². The van der Waals surface area contributed by atoms with Crippen LogP contribution in [0.2, 0.25) is 0 Å². The number of hydrogen-bond acceptors (Lipinski definition) is 4. The van der Waals surface area contributed by atoms with Gasteiger partial charge in [-0.05, 0) is 31.4 Å². The second-order valence-electron chi connectivity index (χ2n) is 5.00. The van der Waals surface area contributed by atoms with Crippen molar-refractivity contribution in [2.45, 2.75) is 44.1 Å². The Morgan fingerprint density at radius 2 is 2.12 bits per heavy atom. The molecular formula is C12H19N3OS. The van der Waals surface area contributed by atoms with Crippen LogP contribution in [0.5, 0.6) is 0 Å². The number of thioether (sulfide) groups is 1. The molecule has 2 aliphatic heterocycles. The smallest absolute Gasteiger partial charge is 0.138 e. The van der Waals surface area contributed by atoms with Gasteiger partial charge in [-0.15, -0.1) is 10.2 Å². The van der Waals surface area contributed by atoms with Crippen LogP contribution in [0, 0.1) is 0 Å². The number of fused-ring (bicyclic) bond motifs is 1. The maximum atomic E-state index is 9.37. The lowest BCUT2D eigenvalue weighted by Gasteiger charge is -2.25. The van der Waals surface area contributed by atoms with Gasteiger partial charge in [-0.25, -0.2) is 0 Å². The van der Waals surface area contributed by atoms with E-state index in [1.54, 1.807) is 0 Å². The molecule has 2 unspecified atom stereocenters. The summed E-state index contributed by atoms with van der Waals surface area (Å²) in [7, 11) is 0. The molecule has 4 nitrogen and oxygen atoms in total. The van der Waals surface area contributed by atoms with Gasteiger partial charge in [0.15, 0.2) is 0 Å². The van der Waals surface area contributed by atoms with Gasteiger partial charge in [-0.2, -0.15) is 11.8 Å². The summed E-state index contributed by atoms with van der Waals surface area (Å²) < 4.78 is 2.28. The first-order valence-electron chi connectivity index (χ1n) is 6.51. The van der Waals surface area contributed by atoms with Crippen molar-refractivity contribution in [2.24, 2.45) is 0 Å². The molecule has 1 fully saturated rings. The third kappa shape index (κ3) is 2.10. The predicted octanol–water partition coefficient (Wildman–Crippen LogP) is 1.76. The fourth-order valence-corrected chi connectivity index (χ4v) is 4.04. The molecule has 0 spiro atoms. The molecular weight excluding hydrogens is 234 g/mol. The van der Waals surface area contributed by atoms with Gasteiger partial charge in [0.2, 0.25) is 0 Å². The summed E-state index contributed by atoms with van der Waals surface area (Å²) in [6.07, 6.45) is 4.73. The van der Waals surface area contributed by atoms with Crippen LogP contribution in [0.3, 0.4) is 0 Å². The Morgan fingerprint density at radius 1 is 1.24 bits per heavy atom. The number of nitrogens with zero attached hydrogens (tertiary/aromatic N) is 3. The average molecular weight is 253 g/mol. The van der Waals surface area contributed by atoms with Crippen LogP contribution in [0.4, 0.5) is 0 Å². The molecule has 3 rings (SSSR count). The molecule has 1 N–H and O–H groups in total. The van der Waals surface area contributed by atoms with Crippen molar-refractivity contribution in [3.8, 4) is 0 Å². The maximum Gasteiger partial charge on any atom is 0.138 e. The highest BCUT2D eigenvalue weighted by atomic mass is 32.2. The van der Waals surface area contributed by atoms with E-state index in [1.165, 1.54) is 30.2 Å². The Bertz CT molecular complexity index is 387. The Balaban J connectivity index is 1.88. The zero-order valence-electron chi connectivity index (χ0n) is 10.0. The fraction of sp³-hybridized carbons (Fsp3) is 0.833. The van der Waals surface area contributed by atoms with E-state index >= 15 is 0 Å². The van der Waals surface area contributed by atoms with Gasteiger partial charge >= 0.3 is 0 Å². The van der Waals surface area contributed by atoms with Crippen LogP contribution < -0.4 is 0 Å². The Kier molecular flexibility index (Phi) is 3.38. The lowest BCUT2D eigenvalue weighted by atomic mass is 9.98. The molecule has 1 aromatic heterocycles. The molecule has 3 heterocycles. The molecule has 1 saturated heterocycles. The van der Waals surface area contributed by atoms with E-state index in [4.69, 9.17) is 0 Å². The van der Waals surface area contributed by atoms with Crippen LogP contribution in [-0.4, -0.2) is 38.0 Å². The average Bonchev–Trinajstić information content (AvgIpc) is 2.83. The van der Waals surface area contributed by atoms with Gasteiger partial charge in [-0.3, -0.25) is 0 Å². The third-order valence-corrected chi connectivity index (χ3v) is 5.07. The highest BCUT2D eigenvalue weighted by Gasteiger charge is 2.28. The first-order chi connectivity index (χ1) is 8.40.